The minimum atomic E-state index is -4.52. The second kappa shape index (κ2) is 11.1. The number of benzodiazepines with no additional fused rings is 1. The van der Waals surface area contributed by atoms with Gasteiger partial charge in [-0.2, -0.15) is 13.2 Å². The van der Waals surface area contributed by atoms with E-state index in [1.54, 1.807) is 24.3 Å². The van der Waals surface area contributed by atoms with Crippen LogP contribution in [0.1, 0.15) is 74.5 Å². The second-order valence-corrected chi connectivity index (χ2v) is 11.6. The zero-order valence-corrected chi connectivity index (χ0v) is 22.7. The molecule has 1 amide bonds. The Balaban J connectivity index is 1.54. The van der Waals surface area contributed by atoms with Gasteiger partial charge < -0.3 is 10.0 Å². The molecule has 2 aromatic carbocycles. The van der Waals surface area contributed by atoms with Crippen LogP contribution in [0.5, 0.6) is 0 Å². The molecule has 3 N–H and O–H groups in total. The number of anilines is 1. The first-order chi connectivity index (χ1) is 19.0. The standard InChI is InChI=1S/C31H36F3N3O3/c1-37-25-9-5-4-8-23(25)27(21-13-15-22(16-14-21)31(32,33)34)36-30(35,29(37)40)28(39)24(18-20-10-11-20)26(38)17-12-19-6-2-3-7-19/h4-5,8-9,13-16,19-20,24,26,38H,2-3,6-7,10-12,17-18,35H2,1H3/t24-,26+,30?/m1/s1. The topological polar surface area (TPSA) is 96.0 Å². The van der Waals surface area contributed by atoms with Crippen LogP contribution in [0.15, 0.2) is 53.5 Å². The molecule has 0 spiro atoms. The molecule has 6 nitrogen and oxygen atoms in total. The number of rotatable bonds is 9. The summed E-state index contributed by atoms with van der Waals surface area (Å²) in [5, 5.41) is 11.3. The van der Waals surface area contributed by atoms with Crippen LogP contribution in [-0.4, -0.2) is 41.3 Å². The molecule has 0 bridgehead atoms. The fourth-order valence-corrected chi connectivity index (χ4v) is 6.15. The number of benzene rings is 2. The van der Waals surface area contributed by atoms with Crippen LogP contribution >= 0.6 is 0 Å². The van der Waals surface area contributed by atoms with Crippen molar-refractivity contribution >= 4 is 23.1 Å². The molecule has 0 saturated heterocycles. The number of aliphatic hydroxyl groups excluding tert-OH is 1. The number of carbonyl (C=O) groups is 2. The molecular formula is C31H36F3N3O3. The van der Waals surface area contributed by atoms with Gasteiger partial charge in [0.05, 0.1) is 23.1 Å². The molecule has 40 heavy (non-hydrogen) atoms. The number of para-hydroxylation sites is 1. The number of alkyl halides is 3. The highest BCUT2D eigenvalue weighted by molar-refractivity contribution is 6.26. The van der Waals surface area contributed by atoms with Gasteiger partial charge in [0.15, 0.2) is 5.78 Å². The summed E-state index contributed by atoms with van der Waals surface area (Å²) in [6.45, 7) is 0. The summed E-state index contributed by atoms with van der Waals surface area (Å²) < 4.78 is 39.8. The minimum Gasteiger partial charge on any atom is -0.392 e. The number of aliphatic imine (C=N–C) groups is 1. The summed E-state index contributed by atoms with van der Waals surface area (Å²) in [5.74, 6) is -1.44. The molecule has 0 radical (unpaired) electrons. The van der Waals surface area contributed by atoms with Gasteiger partial charge in [-0.25, -0.2) is 4.99 Å². The number of fused-ring (bicyclic) bond motifs is 1. The third-order valence-corrected chi connectivity index (χ3v) is 8.73. The highest BCUT2D eigenvalue weighted by Gasteiger charge is 2.51. The number of halogens is 3. The van der Waals surface area contributed by atoms with Crippen LogP contribution in [0, 0.1) is 17.8 Å². The Kier molecular flexibility index (Phi) is 7.90. The van der Waals surface area contributed by atoms with Crippen LogP contribution in [0.25, 0.3) is 0 Å². The first kappa shape index (κ1) is 28.5. The van der Waals surface area contributed by atoms with Crippen molar-refractivity contribution in [1.82, 2.24) is 0 Å². The normalized spacial score (nSPS) is 23.4. The summed E-state index contributed by atoms with van der Waals surface area (Å²) in [4.78, 5) is 34.0. The number of carbonyl (C=O) groups excluding carboxylic acids is 2. The molecule has 5 rings (SSSR count). The minimum absolute atomic E-state index is 0.156. The Morgan fingerprint density at radius 1 is 1.07 bits per heavy atom. The maximum atomic E-state index is 14.3. The number of nitrogens with zero attached hydrogens (tertiary/aromatic N) is 2. The average molecular weight is 556 g/mol. The van der Waals surface area contributed by atoms with E-state index in [2.05, 4.69) is 4.99 Å². The zero-order valence-electron chi connectivity index (χ0n) is 22.7. The first-order valence-electron chi connectivity index (χ1n) is 14.2. The Morgan fingerprint density at radius 3 is 2.35 bits per heavy atom. The fraction of sp³-hybridized carbons (Fsp3) is 0.516. The van der Waals surface area contributed by atoms with Crippen molar-refractivity contribution in [2.24, 2.45) is 28.5 Å². The predicted octanol–water partition coefficient (Wildman–Crippen LogP) is 5.49. The molecule has 3 aliphatic rings. The Labute approximate surface area is 232 Å². The maximum Gasteiger partial charge on any atom is 0.416 e. The van der Waals surface area contributed by atoms with Crippen molar-refractivity contribution in [1.29, 1.82) is 0 Å². The Morgan fingerprint density at radius 2 is 1.73 bits per heavy atom. The van der Waals surface area contributed by atoms with Gasteiger partial charge in [-0.05, 0) is 49.3 Å². The Bertz CT molecular complexity index is 1280. The van der Waals surface area contributed by atoms with Crippen molar-refractivity contribution in [3.05, 3.63) is 65.2 Å². The van der Waals surface area contributed by atoms with E-state index in [0.717, 1.165) is 44.2 Å². The molecule has 1 heterocycles. The van der Waals surface area contributed by atoms with E-state index >= 15 is 0 Å². The molecule has 2 saturated carbocycles. The van der Waals surface area contributed by atoms with E-state index in [0.29, 0.717) is 35.6 Å². The fourth-order valence-electron chi connectivity index (χ4n) is 6.15. The van der Waals surface area contributed by atoms with E-state index in [9.17, 15) is 27.9 Å². The molecule has 0 aromatic heterocycles. The van der Waals surface area contributed by atoms with Crippen molar-refractivity contribution in [3.8, 4) is 0 Å². The van der Waals surface area contributed by atoms with E-state index in [-0.39, 0.29) is 11.6 Å². The summed E-state index contributed by atoms with van der Waals surface area (Å²) in [6.07, 6.45) is 2.73. The quantitative estimate of drug-likeness (QED) is 0.400. The molecule has 2 aliphatic carbocycles. The highest BCUT2D eigenvalue weighted by Crippen LogP contribution is 2.40. The number of Topliss-reactive ketones (excluding diaryl/α,β-unsaturated/α-hetero) is 1. The van der Waals surface area contributed by atoms with Gasteiger partial charge in [-0.1, -0.05) is 68.9 Å². The SMILES string of the molecule is CN1C(=O)C(N)(C(=O)[C@H](CC2CC2)[C@@H](O)CCC2CCCC2)N=C(c2ccc(C(F)(F)F)cc2)c2ccccc21. The van der Waals surface area contributed by atoms with Gasteiger partial charge in [0, 0.05) is 24.1 Å². The Hall–Kier alpha value is -3.04. The van der Waals surface area contributed by atoms with Crippen molar-refractivity contribution in [2.45, 2.75) is 75.7 Å². The molecule has 2 fully saturated rings. The molecular weight excluding hydrogens is 519 g/mol. The van der Waals surface area contributed by atoms with Crippen LogP contribution < -0.4 is 10.6 Å². The second-order valence-electron chi connectivity index (χ2n) is 11.6. The lowest BCUT2D eigenvalue weighted by Crippen LogP contribution is -2.61. The molecule has 2 aromatic rings. The highest BCUT2D eigenvalue weighted by atomic mass is 19.4. The number of ketones is 1. The number of hydrogen-bond donors (Lipinski definition) is 2. The lowest BCUT2D eigenvalue weighted by atomic mass is 9.82. The summed E-state index contributed by atoms with van der Waals surface area (Å²) in [7, 11) is 1.51. The van der Waals surface area contributed by atoms with Gasteiger partial charge in [-0.15, -0.1) is 0 Å². The molecule has 1 aliphatic heterocycles. The van der Waals surface area contributed by atoms with Gasteiger partial charge in [0.1, 0.15) is 0 Å². The van der Waals surface area contributed by atoms with E-state index in [1.807, 2.05) is 0 Å². The van der Waals surface area contributed by atoms with Crippen molar-refractivity contribution in [3.63, 3.8) is 0 Å². The molecule has 9 heteroatoms. The summed E-state index contributed by atoms with van der Waals surface area (Å²) in [6, 6.07) is 11.3. The number of aliphatic hydroxyl groups is 1. The number of amides is 1. The average Bonchev–Trinajstić information content (AvgIpc) is 3.63. The van der Waals surface area contributed by atoms with Crippen molar-refractivity contribution in [2.75, 3.05) is 11.9 Å². The molecule has 214 valence electrons. The van der Waals surface area contributed by atoms with Crippen LogP contribution in [0.3, 0.4) is 0 Å². The van der Waals surface area contributed by atoms with E-state index in [1.165, 1.54) is 36.9 Å². The van der Waals surface area contributed by atoms with Crippen LogP contribution in [-0.2, 0) is 15.8 Å². The summed E-state index contributed by atoms with van der Waals surface area (Å²) in [5.41, 5.74) is 4.87. The van der Waals surface area contributed by atoms with Gasteiger partial charge in [0.25, 0.3) is 5.91 Å². The van der Waals surface area contributed by atoms with E-state index < -0.39 is 41.1 Å². The largest absolute Gasteiger partial charge is 0.416 e. The third-order valence-electron chi connectivity index (χ3n) is 8.73. The number of nitrogens with two attached hydrogens (primary N) is 1. The first-order valence-corrected chi connectivity index (χ1v) is 14.2. The number of hydrogen-bond acceptors (Lipinski definition) is 5. The van der Waals surface area contributed by atoms with Crippen LogP contribution in [0.2, 0.25) is 0 Å². The lowest BCUT2D eigenvalue weighted by Gasteiger charge is -2.32. The number of likely N-dealkylation sites (N-methyl/N-ethyl adjacent to an activating group) is 1. The third kappa shape index (κ3) is 5.72. The molecule has 1 unspecified atom stereocenters. The predicted molar refractivity (Wildman–Crippen MR) is 147 cm³/mol. The lowest BCUT2D eigenvalue weighted by molar-refractivity contribution is -0.139. The summed E-state index contributed by atoms with van der Waals surface area (Å²) >= 11 is 0. The smallest absolute Gasteiger partial charge is 0.392 e. The molecule has 3 atom stereocenters. The maximum absolute atomic E-state index is 14.3. The van der Waals surface area contributed by atoms with E-state index in [4.69, 9.17) is 5.73 Å². The monoisotopic (exact) mass is 555 g/mol. The van der Waals surface area contributed by atoms with Gasteiger partial charge in [-0.3, -0.25) is 15.3 Å². The van der Waals surface area contributed by atoms with Gasteiger partial charge in [0.2, 0.25) is 5.66 Å². The van der Waals surface area contributed by atoms with Crippen LogP contribution in [0.4, 0.5) is 18.9 Å². The van der Waals surface area contributed by atoms with Crippen molar-refractivity contribution < 1.29 is 27.9 Å². The zero-order chi connectivity index (χ0) is 28.7. The van der Waals surface area contributed by atoms with Gasteiger partial charge >= 0.3 is 6.18 Å².